The largest absolute Gasteiger partial charge is 0.311 e. The van der Waals surface area contributed by atoms with Gasteiger partial charge in [0, 0.05) is 24.9 Å². The Morgan fingerprint density at radius 3 is 2.58 bits per heavy atom. The maximum absolute atomic E-state index is 11.3. The van der Waals surface area contributed by atoms with Gasteiger partial charge in [-0.2, -0.15) is 5.10 Å². The molecule has 19 heavy (non-hydrogen) atoms. The third-order valence-corrected chi connectivity index (χ3v) is 2.89. The summed E-state index contributed by atoms with van der Waals surface area (Å²) in [4.78, 5) is 11.3. The molecule has 0 radical (unpaired) electrons. The summed E-state index contributed by atoms with van der Waals surface area (Å²) in [5.74, 6) is 0.725. The van der Waals surface area contributed by atoms with E-state index in [1.165, 1.54) is 12.5 Å². The maximum Gasteiger partial charge on any atom is 0.222 e. The number of nitrogens with zero attached hydrogens (tertiary/aromatic N) is 2. The van der Waals surface area contributed by atoms with E-state index in [1.807, 2.05) is 42.9 Å². The van der Waals surface area contributed by atoms with Crippen LogP contribution in [-0.2, 0) is 11.2 Å². The molecule has 1 heterocycles. The van der Waals surface area contributed by atoms with Gasteiger partial charge in [-0.1, -0.05) is 30.3 Å². The first-order chi connectivity index (χ1) is 9.08. The van der Waals surface area contributed by atoms with Crippen LogP contribution in [0.4, 0.5) is 5.82 Å². The Balaban J connectivity index is 2.32. The molecule has 2 aromatic rings. The normalized spacial score (nSPS) is 10.7. The molecule has 0 unspecified atom stereocenters. The summed E-state index contributed by atoms with van der Waals surface area (Å²) in [5, 5.41) is 7.25. The smallest absolute Gasteiger partial charge is 0.222 e. The Morgan fingerprint density at radius 2 is 2.00 bits per heavy atom. The van der Waals surface area contributed by atoms with E-state index in [0.29, 0.717) is 0 Å². The summed E-state index contributed by atoms with van der Waals surface area (Å²) in [7, 11) is 0. The highest BCUT2D eigenvalue weighted by Gasteiger charge is 2.14. The topological polar surface area (TPSA) is 46.9 Å². The third-order valence-electron chi connectivity index (χ3n) is 2.89. The molecule has 4 nitrogen and oxygen atoms in total. The molecule has 0 aliphatic heterocycles. The molecule has 0 spiro atoms. The molecule has 0 bridgehead atoms. The molecule has 4 heteroatoms. The fourth-order valence-electron chi connectivity index (χ4n) is 2.04. The Hall–Kier alpha value is -2.10. The molecule has 0 saturated carbocycles. The zero-order chi connectivity index (χ0) is 13.8. The molecule has 0 aliphatic rings. The van der Waals surface area contributed by atoms with Crippen LogP contribution in [0.1, 0.15) is 37.9 Å². The predicted octanol–water partition coefficient (Wildman–Crippen LogP) is 3.01. The second-order valence-electron chi connectivity index (χ2n) is 4.90. The molecule has 1 aromatic carbocycles. The minimum absolute atomic E-state index is 0.0725. The number of amides is 1. The molecule has 2 rings (SSSR count). The Morgan fingerprint density at radius 1 is 1.32 bits per heavy atom. The molecule has 1 aromatic heterocycles. The summed E-state index contributed by atoms with van der Waals surface area (Å²) in [6.07, 6.45) is 2.60. The van der Waals surface area contributed by atoms with Crippen LogP contribution in [0, 0.1) is 0 Å². The van der Waals surface area contributed by atoms with Crippen LogP contribution in [-0.4, -0.2) is 15.7 Å². The Kier molecular flexibility index (Phi) is 4.00. The number of rotatable bonds is 4. The van der Waals surface area contributed by atoms with Crippen LogP contribution < -0.4 is 5.32 Å². The highest BCUT2D eigenvalue weighted by molar-refractivity contribution is 5.88. The molecule has 1 N–H and O–H groups in total. The van der Waals surface area contributed by atoms with Crippen molar-refractivity contribution in [3.63, 3.8) is 0 Å². The standard InChI is InChI=1S/C15H19N3O/c1-11(2)18-15(17-12(3)19)14(10-16-18)9-13-7-5-4-6-8-13/h4-8,10-11H,9H2,1-3H3,(H,17,19). The maximum atomic E-state index is 11.3. The Bertz CT molecular complexity index is 558. The quantitative estimate of drug-likeness (QED) is 0.915. The van der Waals surface area contributed by atoms with Crippen molar-refractivity contribution >= 4 is 11.7 Å². The van der Waals surface area contributed by atoms with Crippen LogP contribution in [0.25, 0.3) is 0 Å². The number of carbonyl (C=O) groups is 1. The van der Waals surface area contributed by atoms with Gasteiger partial charge < -0.3 is 5.32 Å². The van der Waals surface area contributed by atoms with Gasteiger partial charge in [-0.15, -0.1) is 0 Å². The van der Waals surface area contributed by atoms with E-state index in [4.69, 9.17) is 0 Å². The first kappa shape index (κ1) is 13.3. The SMILES string of the molecule is CC(=O)Nc1c(Cc2ccccc2)cnn1C(C)C. The van der Waals surface area contributed by atoms with E-state index in [9.17, 15) is 4.79 Å². The van der Waals surface area contributed by atoms with Gasteiger partial charge in [0.1, 0.15) is 5.82 Å². The minimum atomic E-state index is -0.0725. The lowest BCUT2D eigenvalue weighted by atomic mass is 10.1. The summed E-state index contributed by atoms with van der Waals surface area (Å²) < 4.78 is 1.85. The second kappa shape index (κ2) is 5.69. The lowest BCUT2D eigenvalue weighted by molar-refractivity contribution is -0.114. The first-order valence-electron chi connectivity index (χ1n) is 6.46. The number of anilines is 1. The fourth-order valence-corrected chi connectivity index (χ4v) is 2.04. The molecule has 0 fully saturated rings. The molecule has 0 aliphatic carbocycles. The molecule has 0 saturated heterocycles. The van der Waals surface area contributed by atoms with Crippen molar-refractivity contribution in [2.24, 2.45) is 0 Å². The number of hydrogen-bond acceptors (Lipinski definition) is 2. The molecule has 1 amide bonds. The second-order valence-corrected chi connectivity index (χ2v) is 4.90. The van der Waals surface area contributed by atoms with Crippen LogP contribution in [0.2, 0.25) is 0 Å². The van der Waals surface area contributed by atoms with E-state index >= 15 is 0 Å². The van der Waals surface area contributed by atoms with Crippen molar-refractivity contribution < 1.29 is 4.79 Å². The number of nitrogens with one attached hydrogen (secondary N) is 1. The van der Waals surface area contributed by atoms with E-state index in [-0.39, 0.29) is 11.9 Å². The fraction of sp³-hybridized carbons (Fsp3) is 0.333. The van der Waals surface area contributed by atoms with Crippen molar-refractivity contribution in [3.05, 3.63) is 47.7 Å². The van der Waals surface area contributed by atoms with Gasteiger partial charge in [-0.3, -0.25) is 4.79 Å². The first-order valence-corrected chi connectivity index (χ1v) is 6.46. The molecular formula is C15H19N3O. The van der Waals surface area contributed by atoms with Gasteiger partial charge in [0.05, 0.1) is 6.20 Å². The van der Waals surface area contributed by atoms with Crippen LogP contribution >= 0.6 is 0 Å². The number of hydrogen-bond donors (Lipinski definition) is 1. The van der Waals surface area contributed by atoms with Gasteiger partial charge in [-0.25, -0.2) is 4.68 Å². The van der Waals surface area contributed by atoms with Gasteiger partial charge in [0.15, 0.2) is 0 Å². The van der Waals surface area contributed by atoms with Gasteiger partial charge in [0.2, 0.25) is 5.91 Å². The van der Waals surface area contributed by atoms with Crippen LogP contribution in [0.5, 0.6) is 0 Å². The van der Waals surface area contributed by atoms with Gasteiger partial charge >= 0.3 is 0 Å². The minimum Gasteiger partial charge on any atom is -0.311 e. The summed E-state index contributed by atoms with van der Waals surface area (Å²) in [6.45, 7) is 5.61. The van der Waals surface area contributed by atoms with Crippen LogP contribution in [0.3, 0.4) is 0 Å². The summed E-state index contributed by atoms with van der Waals surface area (Å²) >= 11 is 0. The van der Waals surface area contributed by atoms with Crippen molar-refractivity contribution in [3.8, 4) is 0 Å². The van der Waals surface area contributed by atoms with Crippen molar-refractivity contribution in [2.45, 2.75) is 33.2 Å². The highest BCUT2D eigenvalue weighted by Crippen LogP contribution is 2.22. The molecule has 0 atom stereocenters. The lowest BCUT2D eigenvalue weighted by Crippen LogP contribution is -2.14. The van der Waals surface area contributed by atoms with Crippen molar-refractivity contribution in [1.29, 1.82) is 0 Å². The van der Waals surface area contributed by atoms with E-state index in [1.54, 1.807) is 0 Å². The third kappa shape index (κ3) is 3.22. The van der Waals surface area contributed by atoms with Crippen LogP contribution in [0.15, 0.2) is 36.5 Å². The zero-order valence-electron chi connectivity index (χ0n) is 11.6. The van der Waals surface area contributed by atoms with E-state index in [2.05, 4.69) is 22.5 Å². The zero-order valence-corrected chi connectivity index (χ0v) is 11.6. The Labute approximate surface area is 113 Å². The summed E-state index contributed by atoms with van der Waals surface area (Å²) in [5.41, 5.74) is 2.24. The highest BCUT2D eigenvalue weighted by atomic mass is 16.1. The number of benzene rings is 1. The summed E-state index contributed by atoms with van der Waals surface area (Å²) in [6, 6.07) is 10.4. The lowest BCUT2D eigenvalue weighted by Gasteiger charge is -2.12. The number of carbonyl (C=O) groups excluding carboxylic acids is 1. The van der Waals surface area contributed by atoms with E-state index in [0.717, 1.165) is 17.8 Å². The number of aromatic nitrogens is 2. The molecule has 100 valence electrons. The van der Waals surface area contributed by atoms with E-state index < -0.39 is 0 Å². The van der Waals surface area contributed by atoms with Gasteiger partial charge in [0.25, 0.3) is 0 Å². The predicted molar refractivity (Wildman–Crippen MR) is 76.2 cm³/mol. The molecular weight excluding hydrogens is 238 g/mol. The monoisotopic (exact) mass is 257 g/mol. The van der Waals surface area contributed by atoms with Gasteiger partial charge in [-0.05, 0) is 19.4 Å². The average molecular weight is 257 g/mol. The average Bonchev–Trinajstić information content (AvgIpc) is 2.73. The van der Waals surface area contributed by atoms with Crippen molar-refractivity contribution in [1.82, 2.24) is 9.78 Å². The van der Waals surface area contributed by atoms with Crippen molar-refractivity contribution in [2.75, 3.05) is 5.32 Å².